The zero-order valence-corrected chi connectivity index (χ0v) is 20.2. The number of hydrogen-bond donors (Lipinski definition) is 2. The van der Waals surface area contributed by atoms with Crippen LogP contribution in [0.1, 0.15) is 60.6 Å². The second-order valence-corrected chi connectivity index (χ2v) is 8.97. The molecule has 4 rings (SSSR count). The molecule has 1 unspecified atom stereocenters. The SMILES string of the molecule is CCOc1cc([C@H](CC(C)N(O)C=O)N2Cc3cccc(NC(=O)C4CC4)c3C2=O)ccc1OC. The molecule has 35 heavy (non-hydrogen) atoms. The maximum atomic E-state index is 13.7. The van der Waals surface area contributed by atoms with E-state index in [0.29, 0.717) is 47.4 Å². The Morgan fingerprint density at radius 1 is 1.29 bits per heavy atom. The van der Waals surface area contributed by atoms with Crippen LogP contribution in [0.2, 0.25) is 0 Å². The number of carbonyl (C=O) groups is 3. The van der Waals surface area contributed by atoms with Gasteiger partial charge in [-0.25, -0.2) is 5.06 Å². The molecule has 1 saturated carbocycles. The molecule has 0 bridgehead atoms. The number of ether oxygens (including phenoxy) is 2. The standard InChI is InChI=1S/C26H31N3O6/c1-4-35-23-13-18(10-11-22(23)34-3)21(12-16(2)29(33)15-30)28-14-19-6-5-7-20(24(19)26(28)32)27-25(31)17-8-9-17/h5-7,10-11,13,15-17,21,33H,4,8-9,12,14H2,1-3H3,(H,27,31)/t16?,21-/m0/s1. The number of hydroxylamine groups is 2. The van der Waals surface area contributed by atoms with Gasteiger partial charge in [-0.2, -0.15) is 0 Å². The van der Waals surface area contributed by atoms with E-state index in [1.165, 1.54) is 0 Å². The van der Waals surface area contributed by atoms with Crippen LogP contribution in [-0.4, -0.2) is 53.2 Å². The fraction of sp³-hybridized carbons (Fsp3) is 0.423. The normalized spacial score (nSPS) is 16.3. The molecule has 0 spiro atoms. The van der Waals surface area contributed by atoms with E-state index in [4.69, 9.17) is 9.47 Å². The molecule has 1 heterocycles. The number of amides is 3. The summed E-state index contributed by atoms with van der Waals surface area (Å²) >= 11 is 0. The minimum absolute atomic E-state index is 0.0160. The molecular formula is C26H31N3O6. The van der Waals surface area contributed by atoms with Crippen molar-refractivity contribution in [2.45, 2.75) is 51.7 Å². The van der Waals surface area contributed by atoms with Crippen molar-refractivity contribution < 1.29 is 29.1 Å². The molecule has 2 aromatic rings. The third-order valence-corrected chi connectivity index (χ3v) is 6.54. The lowest BCUT2D eigenvalue weighted by Gasteiger charge is -2.32. The van der Waals surface area contributed by atoms with Crippen LogP contribution in [0.25, 0.3) is 0 Å². The third-order valence-electron chi connectivity index (χ3n) is 6.54. The number of nitrogens with zero attached hydrogens (tertiary/aromatic N) is 2. The van der Waals surface area contributed by atoms with Crippen LogP contribution in [0.3, 0.4) is 0 Å². The predicted octanol–water partition coefficient (Wildman–Crippen LogP) is 3.77. The van der Waals surface area contributed by atoms with Crippen molar-refractivity contribution in [1.29, 1.82) is 0 Å². The first-order valence-electron chi connectivity index (χ1n) is 11.8. The van der Waals surface area contributed by atoms with E-state index in [1.54, 1.807) is 31.1 Å². The number of carbonyl (C=O) groups excluding carboxylic acids is 3. The average molecular weight is 482 g/mol. The van der Waals surface area contributed by atoms with Crippen molar-refractivity contribution in [3.8, 4) is 11.5 Å². The minimum atomic E-state index is -0.555. The van der Waals surface area contributed by atoms with Crippen molar-refractivity contribution in [3.05, 3.63) is 53.1 Å². The van der Waals surface area contributed by atoms with Crippen LogP contribution in [-0.2, 0) is 16.1 Å². The van der Waals surface area contributed by atoms with Gasteiger partial charge in [0, 0.05) is 12.5 Å². The summed E-state index contributed by atoms with van der Waals surface area (Å²) < 4.78 is 11.1. The van der Waals surface area contributed by atoms with Gasteiger partial charge in [-0.1, -0.05) is 18.2 Å². The monoisotopic (exact) mass is 481 g/mol. The Hall–Kier alpha value is -3.59. The van der Waals surface area contributed by atoms with Crippen LogP contribution in [0.5, 0.6) is 11.5 Å². The fourth-order valence-electron chi connectivity index (χ4n) is 4.47. The highest BCUT2D eigenvalue weighted by Gasteiger charge is 2.38. The molecule has 0 aromatic heterocycles. The summed E-state index contributed by atoms with van der Waals surface area (Å²) in [7, 11) is 1.56. The molecule has 9 nitrogen and oxygen atoms in total. The molecule has 2 aliphatic rings. The van der Waals surface area contributed by atoms with Gasteiger partial charge in [0.2, 0.25) is 12.3 Å². The second-order valence-electron chi connectivity index (χ2n) is 8.97. The van der Waals surface area contributed by atoms with Crippen LogP contribution in [0.4, 0.5) is 5.69 Å². The molecule has 2 N–H and O–H groups in total. The Morgan fingerprint density at radius 3 is 2.71 bits per heavy atom. The highest BCUT2D eigenvalue weighted by molar-refractivity contribution is 6.07. The summed E-state index contributed by atoms with van der Waals surface area (Å²) in [5.41, 5.74) is 2.59. The van der Waals surface area contributed by atoms with Gasteiger partial charge in [-0.15, -0.1) is 0 Å². The summed E-state index contributed by atoms with van der Waals surface area (Å²) in [4.78, 5) is 39.0. The Morgan fingerprint density at radius 2 is 2.06 bits per heavy atom. The van der Waals surface area contributed by atoms with Gasteiger partial charge >= 0.3 is 0 Å². The molecule has 0 radical (unpaired) electrons. The van der Waals surface area contributed by atoms with E-state index >= 15 is 0 Å². The van der Waals surface area contributed by atoms with Gasteiger partial charge in [0.1, 0.15) is 0 Å². The summed E-state index contributed by atoms with van der Waals surface area (Å²) in [6, 6.07) is 9.89. The maximum absolute atomic E-state index is 13.7. The average Bonchev–Trinajstić information content (AvgIpc) is 3.66. The second kappa shape index (κ2) is 10.4. The molecule has 9 heteroatoms. The lowest BCUT2D eigenvalue weighted by molar-refractivity contribution is -0.160. The first-order chi connectivity index (χ1) is 16.9. The highest BCUT2D eigenvalue weighted by atomic mass is 16.5. The van der Waals surface area contributed by atoms with E-state index in [9.17, 15) is 19.6 Å². The van der Waals surface area contributed by atoms with Gasteiger partial charge in [0.05, 0.1) is 37.1 Å². The smallest absolute Gasteiger partial charge is 0.257 e. The Kier molecular flexibility index (Phi) is 7.25. The predicted molar refractivity (Wildman–Crippen MR) is 128 cm³/mol. The summed E-state index contributed by atoms with van der Waals surface area (Å²) in [6.07, 6.45) is 2.38. The zero-order chi connectivity index (χ0) is 25.1. The lowest BCUT2D eigenvalue weighted by Crippen LogP contribution is -2.36. The van der Waals surface area contributed by atoms with Gasteiger partial charge in [0.15, 0.2) is 11.5 Å². The molecule has 1 aliphatic carbocycles. The summed E-state index contributed by atoms with van der Waals surface area (Å²) in [6.45, 7) is 4.36. The number of rotatable bonds is 11. The van der Waals surface area contributed by atoms with Crippen molar-refractivity contribution in [1.82, 2.24) is 9.96 Å². The van der Waals surface area contributed by atoms with E-state index in [1.807, 2.05) is 31.2 Å². The number of nitrogens with one attached hydrogen (secondary N) is 1. The number of methoxy groups -OCH3 is 1. The molecule has 2 atom stereocenters. The van der Waals surface area contributed by atoms with Gasteiger partial charge in [0.25, 0.3) is 5.91 Å². The Labute approximate surface area is 204 Å². The Balaban J connectivity index is 1.69. The fourth-order valence-corrected chi connectivity index (χ4v) is 4.47. The molecule has 1 fully saturated rings. The zero-order valence-electron chi connectivity index (χ0n) is 20.2. The number of fused-ring (bicyclic) bond motifs is 1. The largest absolute Gasteiger partial charge is 0.493 e. The molecule has 0 saturated heterocycles. The molecule has 2 aromatic carbocycles. The third kappa shape index (κ3) is 5.09. The molecular weight excluding hydrogens is 450 g/mol. The van der Waals surface area contributed by atoms with Crippen molar-refractivity contribution in [2.75, 3.05) is 19.0 Å². The van der Waals surface area contributed by atoms with Crippen molar-refractivity contribution >= 4 is 23.9 Å². The minimum Gasteiger partial charge on any atom is -0.493 e. The lowest BCUT2D eigenvalue weighted by atomic mass is 9.97. The maximum Gasteiger partial charge on any atom is 0.257 e. The molecule has 186 valence electrons. The van der Waals surface area contributed by atoms with Crippen LogP contribution in [0, 0.1) is 5.92 Å². The van der Waals surface area contributed by atoms with Gasteiger partial charge in [-0.05, 0) is 62.4 Å². The van der Waals surface area contributed by atoms with Gasteiger partial charge < -0.3 is 19.7 Å². The van der Waals surface area contributed by atoms with Crippen molar-refractivity contribution in [2.24, 2.45) is 5.92 Å². The van der Waals surface area contributed by atoms with E-state index < -0.39 is 12.1 Å². The van der Waals surface area contributed by atoms with E-state index in [-0.39, 0.29) is 24.2 Å². The Bertz CT molecular complexity index is 1120. The molecule has 1 aliphatic heterocycles. The summed E-state index contributed by atoms with van der Waals surface area (Å²) in [5.74, 6) is 0.854. The van der Waals surface area contributed by atoms with Crippen LogP contribution >= 0.6 is 0 Å². The topological polar surface area (TPSA) is 108 Å². The quantitative estimate of drug-likeness (QED) is 0.287. The highest BCUT2D eigenvalue weighted by Crippen LogP contribution is 2.40. The van der Waals surface area contributed by atoms with Crippen LogP contribution < -0.4 is 14.8 Å². The number of benzene rings is 2. The van der Waals surface area contributed by atoms with E-state index in [0.717, 1.165) is 24.0 Å². The van der Waals surface area contributed by atoms with Crippen molar-refractivity contribution in [3.63, 3.8) is 0 Å². The molecule has 3 amide bonds. The van der Waals surface area contributed by atoms with Crippen LogP contribution in [0.15, 0.2) is 36.4 Å². The first kappa shape index (κ1) is 24.5. The number of hydrogen-bond acceptors (Lipinski definition) is 6. The van der Waals surface area contributed by atoms with E-state index in [2.05, 4.69) is 5.32 Å². The summed E-state index contributed by atoms with van der Waals surface area (Å²) in [5, 5.41) is 13.5. The number of anilines is 1. The van der Waals surface area contributed by atoms with Gasteiger partial charge in [-0.3, -0.25) is 19.6 Å². The first-order valence-corrected chi connectivity index (χ1v) is 11.8.